The van der Waals surface area contributed by atoms with Gasteiger partial charge in [-0.15, -0.1) is 24.0 Å². The molecule has 2 atom stereocenters. The van der Waals surface area contributed by atoms with Gasteiger partial charge in [0.25, 0.3) is 0 Å². The first-order valence-corrected chi connectivity index (χ1v) is 9.49. The number of carbonyl (C=O) groups is 1. The molecule has 1 amide bonds. The summed E-state index contributed by atoms with van der Waals surface area (Å²) < 4.78 is 10.6. The predicted octanol–water partition coefficient (Wildman–Crippen LogP) is 1.86. The zero-order valence-electron chi connectivity index (χ0n) is 16.8. The molecule has 7 nitrogen and oxygen atoms in total. The molecular formula is C18H37IN4O3. The predicted molar refractivity (Wildman–Crippen MR) is 116 cm³/mol. The van der Waals surface area contributed by atoms with E-state index < -0.39 is 0 Å². The highest BCUT2D eigenvalue weighted by Gasteiger charge is 2.24. The van der Waals surface area contributed by atoms with E-state index >= 15 is 0 Å². The molecule has 0 aromatic carbocycles. The fourth-order valence-electron chi connectivity index (χ4n) is 2.69. The highest BCUT2D eigenvalue weighted by Crippen LogP contribution is 2.16. The third kappa shape index (κ3) is 10.5. The first-order chi connectivity index (χ1) is 12.1. The van der Waals surface area contributed by atoms with Crippen LogP contribution in [0.15, 0.2) is 4.99 Å². The molecule has 0 bridgehead atoms. The summed E-state index contributed by atoms with van der Waals surface area (Å²) in [4.78, 5) is 18.7. The Morgan fingerprint density at radius 1 is 1.35 bits per heavy atom. The van der Waals surface area contributed by atoms with Crippen LogP contribution in [0.25, 0.3) is 0 Å². The van der Waals surface area contributed by atoms with Crippen molar-refractivity contribution in [1.82, 2.24) is 15.5 Å². The number of hydrogen-bond acceptors (Lipinski definition) is 4. The number of nitrogens with zero attached hydrogens (tertiary/aromatic N) is 2. The Morgan fingerprint density at radius 2 is 2.12 bits per heavy atom. The Bertz CT molecular complexity index is 410. The minimum atomic E-state index is 0. The lowest BCUT2D eigenvalue weighted by molar-refractivity contribution is -0.121. The number of nitrogens with one attached hydrogen (secondary N) is 2. The van der Waals surface area contributed by atoms with Crippen molar-refractivity contribution in [3.8, 4) is 0 Å². The molecule has 2 unspecified atom stereocenters. The second-order valence-corrected chi connectivity index (χ2v) is 6.53. The molecule has 26 heavy (non-hydrogen) atoms. The lowest BCUT2D eigenvalue weighted by Gasteiger charge is -2.21. The van der Waals surface area contributed by atoms with Gasteiger partial charge in [0.2, 0.25) is 5.91 Å². The van der Waals surface area contributed by atoms with Crippen molar-refractivity contribution in [2.75, 3.05) is 53.1 Å². The molecule has 0 aromatic heterocycles. The number of methoxy groups -OCH3 is 1. The molecule has 8 heteroatoms. The number of guanidine groups is 1. The van der Waals surface area contributed by atoms with Crippen molar-refractivity contribution in [2.24, 2.45) is 10.9 Å². The molecule has 1 aliphatic heterocycles. The van der Waals surface area contributed by atoms with Gasteiger partial charge in [-0.05, 0) is 26.7 Å². The Hall–Kier alpha value is -0.610. The van der Waals surface area contributed by atoms with Gasteiger partial charge >= 0.3 is 0 Å². The Labute approximate surface area is 175 Å². The zero-order chi connectivity index (χ0) is 18.5. The normalized spacial score (nSPS) is 18.4. The third-order valence-corrected chi connectivity index (χ3v) is 4.33. The van der Waals surface area contributed by atoms with E-state index in [1.54, 1.807) is 7.11 Å². The number of hydrogen-bond donors (Lipinski definition) is 2. The smallest absolute Gasteiger partial charge is 0.222 e. The SMILES string of the molecule is CCNC(=NCCC(=O)NC(C)CC)N1CCC(COCCOC)C1.I. The van der Waals surface area contributed by atoms with Gasteiger partial charge in [-0.3, -0.25) is 9.79 Å². The van der Waals surface area contributed by atoms with Crippen LogP contribution >= 0.6 is 24.0 Å². The summed E-state index contributed by atoms with van der Waals surface area (Å²) >= 11 is 0. The van der Waals surface area contributed by atoms with Crippen molar-refractivity contribution < 1.29 is 14.3 Å². The molecule has 0 aromatic rings. The average Bonchev–Trinajstić information content (AvgIpc) is 3.06. The molecule has 154 valence electrons. The average molecular weight is 484 g/mol. The minimum absolute atomic E-state index is 0. The van der Waals surface area contributed by atoms with Crippen molar-refractivity contribution in [1.29, 1.82) is 0 Å². The quantitative estimate of drug-likeness (QED) is 0.203. The summed E-state index contributed by atoms with van der Waals surface area (Å²) in [5.41, 5.74) is 0. The third-order valence-electron chi connectivity index (χ3n) is 4.33. The van der Waals surface area contributed by atoms with Crippen LogP contribution in [0.5, 0.6) is 0 Å². The van der Waals surface area contributed by atoms with Gasteiger partial charge in [-0.2, -0.15) is 0 Å². The molecular weight excluding hydrogens is 447 g/mol. The van der Waals surface area contributed by atoms with Crippen LogP contribution in [0.3, 0.4) is 0 Å². The van der Waals surface area contributed by atoms with Gasteiger partial charge in [0, 0.05) is 45.1 Å². The van der Waals surface area contributed by atoms with Crippen LogP contribution in [0.1, 0.15) is 40.0 Å². The molecule has 0 aliphatic carbocycles. The summed E-state index contributed by atoms with van der Waals surface area (Å²) in [6.07, 6.45) is 2.47. The molecule has 1 saturated heterocycles. The zero-order valence-corrected chi connectivity index (χ0v) is 19.1. The van der Waals surface area contributed by atoms with Gasteiger partial charge in [0.05, 0.1) is 26.4 Å². The minimum Gasteiger partial charge on any atom is -0.382 e. The summed E-state index contributed by atoms with van der Waals surface area (Å²) in [5, 5.41) is 6.31. The van der Waals surface area contributed by atoms with E-state index in [4.69, 9.17) is 9.47 Å². The van der Waals surface area contributed by atoms with E-state index in [1.807, 2.05) is 6.92 Å². The van der Waals surface area contributed by atoms with Gasteiger partial charge < -0.3 is 25.0 Å². The fourth-order valence-corrected chi connectivity index (χ4v) is 2.69. The standard InChI is InChI=1S/C18H36N4O3.HI/c1-5-15(3)21-17(23)7-9-20-18(19-6-2)22-10-8-16(13-22)14-25-12-11-24-4;/h15-16H,5-14H2,1-4H3,(H,19,20)(H,21,23);1H. The molecule has 0 saturated carbocycles. The van der Waals surface area contributed by atoms with E-state index in [9.17, 15) is 4.79 Å². The monoisotopic (exact) mass is 484 g/mol. The summed E-state index contributed by atoms with van der Waals surface area (Å²) in [6.45, 7) is 11.4. The van der Waals surface area contributed by atoms with E-state index in [0.717, 1.165) is 45.0 Å². The maximum absolute atomic E-state index is 11.9. The molecule has 1 heterocycles. The Kier molecular flexibility index (Phi) is 15.1. The maximum atomic E-state index is 11.9. The van der Waals surface area contributed by atoms with Gasteiger partial charge in [0.15, 0.2) is 5.96 Å². The van der Waals surface area contributed by atoms with Crippen LogP contribution < -0.4 is 10.6 Å². The first kappa shape index (κ1) is 25.4. The van der Waals surface area contributed by atoms with Gasteiger partial charge in [0.1, 0.15) is 0 Å². The van der Waals surface area contributed by atoms with Crippen LogP contribution in [0.2, 0.25) is 0 Å². The van der Waals surface area contributed by atoms with Crippen LogP contribution in [0.4, 0.5) is 0 Å². The number of carbonyl (C=O) groups excluding carboxylic acids is 1. The molecule has 2 N–H and O–H groups in total. The molecule has 1 rings (SSSR count). The number of halogens is 1. The van der Waals surface area contributed by atoms with E-state index in [-0.39, 0.29) is 35.9 Å². The Morgan fingerprint density at radius 3 is 2.77 bits per heavy atom. The van der Waals surface area contributed by atoms with Gasteiger partial charge in [-0.1, -0.05) is 6.92 Å². The maximum Gasteiger partial charge on any atom is 0.222 e. The van der Waals surface area contributed by atoms with Crippen molar-refractivity contribution >= 4 is 35.8 Å². The largest absolute Gasteiger partial charge is 0.382 e. The van der Waals surface area contributed by atoms with Crippen molar-refractivity contribution in [3.05, 3.63) is 0 Å². The summed E-state index contributed by atoms with van der Waals surface area (Å²) in [6, 6.07) is 0.224. The van der Waals surface area contributed by atoms with Crippen LogP contribution in [-0.2, 0) is 14.3 Å². The van der Waals surface area contributed by atoms with Crippen molar-refractivity contribution in [3.63, 3.8) is 0 Å². The lowest BCUT2D eigenvalue weighted by atomic mass is 10.1. The molecule has 0 spiro atoms. The second kappa shape index (κ2) is 15.4. The lowest BCUT2D eigenvalue weighted by Crippen LogP contribution is -2.40. The molecule has 1 aliphatic rings. The molecule has 1 fully saturated rings. The second-order valence-electron chi connectivity index (χ2n) is 6.53. The van der Waals surface area contributed by atoms with E-state index in [0.29, 0.717) is 32.1 Å². The fraction of sp³-hybridized carbons (Fsp3) is 0.889. The van der Waals surface area contributed by atoms with E-state index in [2.05, 4.69) is 34.4 Å². The van der Waals surface area contributed by atoms with E-state index in [1.165, 1.54) is 0 Å². The van der Waals surface area contributed by atoms with Gasteiger partial charge in [-0.25, -0.2) is 0 Å². The highest BCUT2D eigenvalue weighted by atomic mass is 127. The number of amides is 1. The first-order valence-electron chi connectivity index (χ1n) is 9.49. The number of rotatable bonds is 11. The van der Waals surface area contributed by atoms with Crippen LogP contribution in [-0.4, -0.2) is 75.9 Å². The van der Waals surface area contributed by atoms with Crippen molar-refractivity contribution in [2.45, 2.75) is 46.1 Å². The highest BCUT2D eigenvalue weighted by molar-refractivity contribution is 14.0. The number of aliphatic imine (C=N–C) groups is 1. The van der Waals surface area contributed by atoms with Crippen LogP contribution in [0, 0.1) is 5.92 Å². The summed E-state index contributed by atoms with van der Waals surface area (Å²) in [5.74, 6) is 1.49. The Balaban J connectivity index is 0.00000625. The summed E-state index contributed by atoms with van der Waals surface area (Å²) in [7, 11) is 1.68. The number of likely N-dealkylation sites (tertiary alicyclic amines) is 1. The number of ether oxygens (including phenoxy) is 2. The topological polar surface area (TPSA) is 75.2 Å². The molecule has 0 radical (unpaired) electrons.